The fourth-order valence-electron chi connectivity index (χ4n) is 2.37. The summed E-state index contributed by atoms with van der Waals surface area (Å²) in [5, 5.41) is 22.7. The van der Waals surface area contributed by atoms with E-state index in [1.165, 1.54) is 11.3 Å². The summed E-state index contributed by atoms with van der Waals surface area (Å²) in [7, 11) is -1.41. The van der Waals surface area contributed by atoms with Crippen LogP contribution in [-0.2, 0) is 13.0 Å². The second-order valence-electron chi connectivity index (χ2n) is 4.78. The Bertz CT molecular complexity index is 562. The third-order valence-corrected chi connectivity index (χ3v) is 3.50. The molecule has 0 amide bonds. The van der Waals surface area contributed by atoms with E-state index in [0.717, 1.165) is 17.7 Å². The number of hydrogen-bond donors (Lipinski definition) is 2. The normalized spacial score (nSPS) is 10.8. The SMILES string of the molecule is CCc1c(C)nn(Cc2ccc(B(O)O)cc2)c1C. The Morgan fingerprint density at radius 1 is 1.16 bits per heavy atom. The van der Waals surface area contributed by atoms with Gasteiger partial charge in [-0.25, -0.2) is 0 Å². The molecule has 5 heteroatoms. The second-order valence-corrected chi connectivity index (χ2v) is 4.78. The van der Waals surface area contributed by atoms with Gasteiger partial charge in [-0.2, -0.15) is 5.10 Å². The van der Waals surface area contributed by atoms with Gasteiger partial charge >= 0.3 is 7.12 Å². The van der Waals surface area contributed by atoms with Gasteiger partial charge < -0.3 is 10.0 Å². The Labute approximate surface area is 113 Å². The molecule has 0 bridgehead atoms. The highest BCUT2D eigenvalue weighted by Gasteiger charge is 2.12. The molecule has 0 aliphatic carbocycles. The Morgan fingerprint density at radius 2 is 1.79 bits per heavy atom. The van der Waals surface area contributed by atoms with Gasteiger partial charge in [0.25, 0.3) is 0 Å². The van der Waals surface area contributed by atoms with Gasteiger partial charge in [0.2, 0.25) is 0 Å². The van der Waals surface area contributed by atoms with Crippen LogP contribution >= 0.6 is 0 Å². The van der Waals surface area contributed by atoms with Gasteiger partial charge in [0.05, 0.1) is 12.2 Å². The van der Waals surface area contributed by atoms with Crippen molar-refractivity contribution in [2.24, 2.45) is 0 Å². The first-order valence-corrected chi connectivity index (χ1v) is 6.50. The zero-order valence-electron chi connectivity index (χ0n) is 11.6. The predicted molar refractivity (Wildman–Crippen MR) is 76.4 cm³/mol. The van der Waals surface area contributed by atoms with E-state index >= 15 is 0 Å². The minimum absolute atomic E-state index is 0.506. The maximum atomic E-state index is 9.06. The van der Waals surface area contributed by atoms with Crippen LogP contribution in [0.3, 0.4) is 0 Å². The van der Waals surface area contributed by atoms with Gasteiger partial charge in [0.15, 0.2) is 0 Å². The highest BCUT2D eigenvalue weighted by molar-refractivity contribution is 6.58. The first-order chi connectivity index (χ1) is 9.02. The molecule has 0 saturated carbocycles. The molecule has 0 fully saturated rings. The Kier molecular flexibility index (Phi) is 4.07. The molecule has 0 unspecified atom stereocenters. The van der Waals surface area contributed by atoms with Crippen molar-refractivity contribution in [3.8, 4) is 0 Å². The van der Waals surface area contributed by atoms with Crippen molar-refractivity contribution in [3.63, 3.8) is 0 Å². The van der Waals surface area contributed by atoms with Crippen molar-refractivity contribution in [2.45, 2.75) is 33.7 Å². The van der Waals surface area contributed by atoms with Crippen LogP contribution in [0, 0.1) is 13.8 Å². The molecule has 0 radical (unpaired) electrons. The molecule has 0 aliphatic heterocycles. The summed E-state index contributed by atoms with van der Waals surface area (Å²) in [5.41, 5.74) is 5.19. The summed E-state index contributed by atoms with van der Waals surface area (Å²) in [6.45, 7) is 6.96. The molecule has 2 aromatic rings. The quantitative estimate of drug-likeness (QED) is 0.797. The summed E-state index contributed by atoms with van der Waals surface area (Å²) < 4.78 is 2.00. The fourth-order valence-corrected chi connectivity index (χ4v) is 2.37. The minimum atomic E-state index is -1.41. The van der Waals surface area contributed by atoms with Crippen LogP contribution in [0.4, 0.5) is 0 Å². The van der Waals surface area contributed by atoms with Crippen LogP contribution in [0.5, 0.6) is 0 Å². The average molecular weight is 258 g/mol. The summed E-state index contributed by atoms with van der Waals surface area (Å²) in [5.74, 6) is 0. The van der Waals surface area contributed by atoms with Crippen molar-refractivity contribution in [1.82, 2.24) is 9.78 Å². The summed E-state index contributed by atoms with van der Waals surface area (Å²) in [6, 6.07) is 7.26. The van der Waals surface area contributed by atoms with Crippen molar-refractivity contribution in [2.75, 3.05) is 0 Å². The molecule has 0 spiro atoms. The first kappa shape index (κ1) is 13.8. The van der Waals surface area contributed by atoms with Gasteiger partial charge in [-0.3, -0.25) is 4.68 Å². The second kappa shape index (κ2) is 5.59. The molecule has 1 aromatic heterocycles. The Balaban J connectivity index is 2.21. The number of rotatable bonds is 4. The van der Waals surface area contributed by atoms with Gasteiger partial charge in [-0.05, 0) is 36.9 Å². The van der Waals surface area contributed by atoms with Crippen LogP contribution < -0.4 is 5.46 Å². The van der Waals surface area contributed by atoms with Gasteiger partial charge in [-0.15, -0.1) is 0 Å². The lowest BCUT2D eigenvalue weighted by Gasteiger charge is -2.06. The van der Waals surface area contributed by atoms with Crippen LogP contribution in [0.25, 0.3) is 0 Å². The monoisotopic (exact) mass is 258 g/mol. The molecule has 19 heavy (non-hydrogen) atoms. The fraction of sp³-hybridized carbons (Fsp3) is 0.357. The third-order valence-electron chi connectivity index (χ3n) is 3.50. The smallest absolute Gasteiger partial charge is 0.423 e. The van der Waals surface area contributed by atoms with Crippen molar-refractivity contribution in [1.29, 1.82) is 0 Å². The van der Waals surface area contributed by atoms with E-state index in [4.69, 9.17) is 10.0 Å². The zero-order valence-corrected chi connectivity index (χ0v) is 11.6. The number of hydrogen-bond acceptors (Lipinski definition) is 3. The van der Waals surface area contributed by atoms with Crippen LogP contribution in [0.1, 0.15) is 29.4 Å². The lowest BCUT2D eigenvalue weighted by molar-refractivity contribution is 0.426. The number of nitrogens with zero attached hydrogens (tertiary/aromatic N) is 2. The van der Waals surface area contributed by atoms with E-state index in [-0.39, 0.29) is 0 Å². The molecule has 2 rings (SSSR count). The third kappa shape index (κ3) is 2.88. The largest absolute Gasteiger partial charge is 0.488 e. The molecule has 0 atom stereocenters. The molecular weight excluding hydrogens is 239 g/mol. The van der Waals surface area contributed by atoms with Crippen molar-refractivity contribution < 1.29 is 10.0 Å². The standard InChI is InChI=1S/C14H19BN2O2/c1-4-14-10(2)16-17(11(14)3)9-12-5-7-13(8-6-12)15(18)19/h5-8,18-19H,4,9H2,1-3H3. The average Bonchev–Trinajstić information content (AvgIpc) is 2.64. The van der Waals surface area contributed by atoms with E-state index in [9.17, 15) is 0 Å². The van der Waals surface area contributed by atoms with E-state index in [2.05, 4.69) is 18.9 Å². The van der Waals surface area contributed by atoms with Crippen LogP contribution in [-0.4, -0.2) is 26.9 Å². The molecule has 4 nitrogen and oxygen atoms in total. The Hall–Kier alpha value is -1.59. The molecule has 0 saturated heterocycles. The van der Waals surface area contributed by atoms with Crippen LogP contribution in [0.2, 0.25) is 0 Å². The maximum Gasteiger partial charge on any atom is 0.488 e. The predicted octanol–water partition coefficient (Wildman–Crippen LogP) is 0.790. The van der Waals surface area contributed by atoms with Gasteiger partial charge in [-0.1, -0.05) is 31.2 Å². The minimum Gasteiger partial charge on any atom is -0.423 e. The zero-order chi connectivity index (χ0) is 14.0. The Morgan fingerprint density at radius 3 is 2.26 bits per heavy atom. The number of aromatic nitrogens is 2. The summed E-state index contributed by atoms with van der Waals surface area (Å²) in [4.78, 5) is 0. The van der Waals surface area contributed by atoms with E-state index in [1.807, 2.05) is 23.7 Å². The van der Waals surface area contributed by atoms with E-state index < -0.39 is 7.12 Å². The molecule has 2 N–H and O–H groups in total. The number of aryl methyl sites for hydroxylation is 1. The molecule has 100 valence electrons. The first-order valence-electron chi connectivity index (χ1n) is 6.50. The topological polar surface area (TPSA) is 58.3 Å². The maximum absolute atomic E-state index is 9.06. The van der Waals surface area contributed by atoms with Gasteiger partial charge in [0, 0.05) is 5.69 Å². The molecular formula is C14H19BN2O2. The highest BCUT2D eigenvalue weighted by atomic mass is 16.4. The lowest BCUT2D eigenvalue weighted by Crippen LogP contribution is -2.29. The highest BCUT2D eigenvalue weighted by Crippen LogP contribution is 2.14. The lowest BCUT2D eigenvalue weighted by atomic mass is 9.80. The van der Waals surface area contributed by atoms with Crippen molar-refractivity contribution >= 4 is 12.6 Å². The van der Waals surface area contributed by atoms with E-state index in [1.54, 1.807) is 12.1 Å². The number of benzene rings is 1. The van der Waals surface area contributed by atoms with Gasteiger partial charge in [0.1, 0.15) is 0 Å². The van der Waals surface area contributed by atoms with E-state index in [0.29, 0.717) is 12.0 Å². The molecule has 1 heterocycles. The summed E-state index contributed by atoms with van der Waals surface area (Å²) >= 11 is 0. The van der Waals surface area contributed by atoms with Crippen LogP contribution in [0.15, 0.2) is 24.3 Å². The van der Waals surface area contributed by atoms with Crippen molar-refractivity contribution in [3.05, 3.63) is 46.8 Å². The molecule has 1 aromatic carbocycles. The molecule has 0 aliphatic rings. The summed E-state index contributed by atoms with van der Waals surface area (Å²) in [6.07, 6.45) is 0.993.